The molecule has 0 aromatic heterocycles. The normalized spacial score (nSPS) is 16.2. The van der Waals surface area contributed by atoms with Gasteiger partial charge in [-0.1, -0.05) is 12.1 Å². The van der Waals surface area contributed by atoms with Crippen molar-refractivity contribution in [3.05, 3.63) is 76.9 Å². The lowest BCUT2D eigenvalue weighted by molar-refractivity contribution is 0.0224. The quantitative estimate of drug-likeness (QED) is 0.438. The SMILES string of the molecule is O=C1OC2(c3ccc(O)cc3Oc3cc(O)ccc32)c2cccc(NS(=O)[O-])c21. The smallest absolute Gasteiger partial charge is 0.342 e. The first kappa shape index (κ1) is 17.5. The van der Waals surface area contributed by atoms with Gasteiger partial charge in [0, 0.05) is 40.1 Å². The molecule has 8 nitrogen and oxygen atoms in total. The Bertz CT molecular complexity index is 1170. The van der Waals surface area contributed by atoms with Crippen molar-refractivity contribution in [2.75, 3.05) is 4.72 Å². The van der Waals surface area contributed by atoms with E-state index >= 15 is 0 Å². The number of fused-ring (bicyclic) bond motifs is 6. The van der Waals surface area contributed by atoms with Crippen LogP contribution in [0.3, 0.4) is 0 Å². The molecular formula is C20H12NO7S-. The third kappa shape index (κ3) is 2.41. The van der Waals surface area contributed by atoms with Gasteiger partial charge >= 0.3 is 5.97 Å². The Hall–Kier alpha value is -3.56. The van der Waals surface area contributed by atoms with Crippen molar-refractivity contribution < 1.29 is 33.2 Å². The number of esters is 1. The van der Waals surface area contributed by atoms with Crippen LogP contribution in [0.4, 0.5) is 5.69 Å². The maximum absolute atomic E-state index is 12.9. The number of carbonyl (C=O) groups excluding carboxylic acids is 1. The van der Waals surface area contributed by atoms with Gasteiger partial charge in [-0.3, -0.25) is 4.21 Å². The van der Waals surface area contributed by atoms with E-state index in [4.69, 9.17) is 9.47 Å². The van der Waals surface area contributed by atoms with Gasteiger partial charge in [0.1, 0.15) is 23.0 Å². The molecule has 0 radical (unpaired) electrons. The predicted octanol–water partition coefficient (Wildman–Crippen LogP) is 2.87. The molecule has 3 N–H and O–H groups in total. The molecule has 2 aliphatic rings. The standard InChI is InChI=1S/C20H13NO7S/c22-10-4-6-12-16(8-10)27-17-9-11(23)5-7-13(17)20(12)14-2-1-3-15(21-29(25)26)18(14)19(24)28-20/h1-9,21-23H,(H,25,26)/p-1. The van der Waals surface area contributed by atoms with Gasteiger partial charge in [-0.05, 0) is 30.3 Å². The van der Waals surface area contributed by atoms with E-state index in [-0.39, 0.29) is 34.2 Å². The zero-order valence-electron chi connectivity index (χ0n) is 14.5. The Kier molecular flexibility index (Phi) is 3.61. The fraction of sp³-hybridized carbons (Fsp3) is 0.0500. The van der Waals surface area contributed by atoms with Crippen LogP contribution in [0.5, 0.6) is 23.0 Å². The Morgan fingerprint density at radius 1 is 0.931 bits per heavy atom. The van der Waals surface area contributed by atoms with Crippen molar-refractivity contribution in [2.24, 2.45) is 0 Å². The fourth-order valence-corrected chi connectivity index (χ4v) is 4.27. The van der Waals surface area contributed by atoms with Crippen LogP contribution >= 0.6 is 0 Å². The second kappa shape index (κ2) is 5.97. The second-order valence-corrected chi connectivity index (χ2v) is 7.27. The molecule has 2 heterocycles. The van der Waals surface area contributed by atoms with Crippen LogP contribution < -0.4 is 9.46 Å². The Morgan fingerprint density at radius 3 is 2.14 bits per heavy atom. The first-order valence-corrected chi connectivity index (χ1v) is 9.55. The molecule has 3 aromatic carbocycles. The lowest BCUT2D eigenvalue weighted by atomic mass is 9.77. The molecule has 1 unspecified atom stereocenters. The van der Waals surface area contributed by atoms with Gasteiger partial charge in [-0.15, -0.1) is 0 Å². The minimum Gasteiger partial charge on any atom is -0.755 e. The lowest BCUT2D eigenvalue weighted by Crippen LogP contribution is -2.32. The third-order valence-electron chi connectivity index (χ3n) is 5.00. The summed E-state index contributed by atoms with van der Waals surface area (Å²) in [5.74, 6) is -0.328. The number of aromatic hydroxyl groups is 2. The number of anilines is 1. The number of hydrogen-bond acceptors (Lipinski definition) is 7. The van der Waals surface area contributed by atoms with Gasteiger partial charge < -0.3 is 29.0 Å². The Balaban J connectivity index is 1.86. The number of phenolic OH excluding ortho intramolecular Hbond substituents is 2. The summed E-state index contributed by atoms with van der Waals surface area (Å²) in [6, 6.07) is 13.5. The molecule has 2 aliphatic heterocycles. The van der Waals surface area contributed by atoms with Gasteiger partial charge in [-0.2, -0.15) is 0 Å². The van der Waals surface area contributed by atoms with Crippen molar-refractivity contribution in [3.63, 3.8) is 0 Å². The summed E-state index contributed by atoms with van der Waals surface area (Å²) in [5.41, 5.74) is 0.0716. The van der Waals surface area contributed by atoms with Gasteiger partial charge in [-0.25, -0.2) is 4.79 Å². The first-order valence-electron chi connectivity index (χ1n) is 8.48. The van der Waals surface area contributed by atoms with E-state index in [0.29, 0.717) is 16.7 Å². The summed E-state index contributed by atoms with van der Waals surface area (Å²) in [6.07, 6.45) is 0. The van der Waals surface area contributed by atoms with Crippen LogP contribution in [0.2, 0.25) is 0 Å². The van der Waals surface area contributed by atoms with Crippen LogP contribution in [-0.4, -0.2) is 24.9 Å². The molecular weight excluding hydrogens is 398 g/mol. The number of benzene rings is 3. The summed E-state index contributed by atoms with van der Waals surface area (Å²) < 4.78 is 36.3. The average molecular weight is 410 g/mol. The van der Waals surface area contributed by atoms with Crippen LogP contribution in [0.15, 0.2) is 54.6 Å². The zero-order chi connectivity index (χ0) is 20.3. The van der Waals surface area contributed by atoms with Crippen molar-refractivity contribution in [1.29, 1.82) is 0 Å². The summed E-state index contributed by atoms with van der Waals surface area (Å²) in [5, 5.41) is 19.8. The lowest BCUT2D eigenvalue weighted by Gasteiger charge is -2.36. The minimum atomic E-state index is -2.64. The molecule has 29 heavy (non-hydrogen) atoms. The van der Waals surface area contributed by atoms with E-state index in [1.54, 1.807) is 24.3 Å². The topological polar surface area (TPSA) is 128 Å². The monoisotopic (exact) mass is 410 g/mol. The second-order valence-electron chi connectivity index (χ2n) is 6.60. The molecule has 0 saturated carbocycles. The highest BCUT2D eigenvalue weighted by Crippen LogP contribution is 2.57. The summed E-state index contributed by atoms with van der Waals surface area (Å²) in [6.45, 7) is 0. The molecule has 0 amide bonds. The number of carbonyl (C=O) groups is 1. The number of phenols is 2. The minimum absolute atomic E-state index is 0.0516. The van der Waals surface area contributed by atoms with E-state index in [1.807, 2.05) is 0 Å². The fourth-order valence-electron chi connectivity index (χ4n) is 3.92. The molecule has 9 heteroatoms. The Labute approximate surface area is 166 Å². The summed E-state index contributed by atoms with van der Waals surface area (Å²) in [4.78, 5) is 12.9. The highest BCUT2D eigenvalue weighted by atomic mass is 32.2. The van der Waals surface area contributed by atoms with E-state index in [0.717, 1.165) is 0 Å². The van der Waals surface area contributed by atoms with E-state index in [9.17, 15) is 23.8 Å². The van der Waals surface area contributed by atoms with Gasteiger partial charge in [0.05, 0.1) is 11.3 Å². The molecule has 0 fully saturated rings. The highest BCUT2D eigenvalue weighted by Gasteiger charge is 2.54. The number of rotatable bonds is 2. The first-order chi connectivity index (χ1) is 13.9. The van der Waals surface area contributed by atoms with Crippen LogP contribution in [0.25, 0.3) is 0 Å². The van der Waals surface area contributed by atoms with Crippen LogP contribution in [0.1, 0.15) is 27.0 Å². The molecule has 5 rings (SSSR count). The van der Waals surface area contributed by atoms with Crippen LogP contribution in [0, 0.1) is 0 Å². The molecule has 1 spiro atoms. The predicted molar refractivity (Wildman–Crippen MR) is 101 cm³/mol. The number of hydrogen-bond donors (Lipinski definition) is 3. The number of ether oxygens (including phenoxy) is 2. The molecule has 0 saturated heterocycles. The molecule has 0 aliphatic carbocycles. The van der Waals surface area contributed by atoms with Crippen molar-refractivity contribution in [1.82, 2.24) is 0 Å². The summed E-state index contributed by atoms with van der Waals surface area (Å²) in [7, 11) is 0. The summed E-state index contributed by atoms with van der Waals surface area (Å²) >= 11 is -2.64. The van der Waals surface area contributed by atoms with Crippen molar-refractivity contribution in [3.8, 4) is 23.0 Å². The van der Waals surface area contributed by atoms with Crippen LogP contribution in [-0.2, 0) is 21.6 Å². The third-order valence-corrected chi connectivity index (χ3v) is 5.38. The van der Waals surface area contributed by atoms with Gasteiger partial charge in [0.15, 0.2) is 5.60 Å². The molecule has 1 atom stereocenters. The molecule has 146 valence electrons. The highest BCUT2D eigenvalue weighted by molar-refractivity contribution is 7.80. The van der Waals surface area contributed by atoms with E-state index < -0.39 is 22.8 Å². The molecule has 0 bridgehead atoms. The van der Waals surface area contributed by atoms with Gasteiger partial charge in [0.25, 0.3) is 0 Å². The maximum Gasteiger partial charge on any atom is 0.342 e. The van der Waals surface area contributed by atoms with Gasteiger partial charge in [0.2, 0.25) is 0 Å². The number of nitrogens with one attached hydrogen (secondary N) is 1. The van der Waals surface area contributed by atoms with E-state index in [1.165, 1.54) is 30.3 Å². The van der Waals surface area contributed by atoms with E-state index in [2.05, 4.69) is 4.72 Å². The molecule has 3 aromatic rings. The van der Waals surface area contributed by atoms with Crippen molar-refractivity contribution >= 4 is 22.9 Å². The largest absolute Gasteiger partial charge is 0.755 e. The Morgan fingerprint density at radius 2 is 1.55 bits per heavy atom. The van der Waals surface area contributed by atoms with Crippen molar-refractivity contribution in [2.45, 2.75) is 5.60 Å². The zero-order valence-corrected chi connectivity index (χ0v) is 15.4. The maximum atomic E-state index is 12.9. The average Bonchev–Trinajstić information content (AvgIpc) is 2.95.